The van der Waals surface area contributed by atoms with Crippen LogP contribution in [-0.2, 0) is 14.3 Å². The summed E-state index contributed by atoms with van der Waals surface area (Å²) in [6.45, 7) is 4.93. The normalized spacial score (nSPS) is 12.6. The molecule has 0 bridgehead atoms. The van der Waals surface area contributed by atoms with E-state index in [-0.39, 0.29) is 18.5 Å². The second kappa shape index (κ2) is 52.2. The van der Waals surface area contributed by atoms with E-state index >= 15 is 0 Å². The van der Waals surface area contributed by atoms with Gasteiger partial charge in [0.15, 0.2) is 0 Å². The summed E-state index contributed by atoms with van der Waals surface area (Å²) in [5.74, 6) is -0.0543. The summed E-state index contributed by atoms with van der Waals surface area (Å²) in [5.41, 5.74) is 0. The van der Waals surface area contributed by atoms with Crippen molar-refractivity contribution in [2.45, 2.75) is 321 Å². The van der Waals surface area contributed by atoms with Crippen molar-refractivity contribution in [1.82, 2.24) is 5.32 Å². The first-order valence-corrected chi connectivity index (χ1v) is 27.9. The van der Waals surface area contributed by atoms with Gasteiger partial charge in [0.25, 0.3) is 0 Å². The number of hydrogen-bond donors (Lipinski definition) is 3. The molecule has 6 heteroatoms. The molecule has 0 aliphatic heterocycles. The van der Waals surface area contributed by atoms with E-state index in [0.29, 0.717) is 25.9 Å². The van der Waals surface area contributed by atoms with Gasteiger partial charge in [-0.3, -0.25) is 9.59 Å². The van der Waals surface area contributed by atoms with Crippen LogP contribution in [0.2, 0.25) is 0 Å². The lowest BCUT2D eigenvalue weighted by Gasteiger charge is -2.22. The summed E-state index contributed by atoms with van der Waals surface area (Å²) in [5, 5.41) is 23.2. The lowest BCUT2D eigenvalue weighted by molar-refractivity contribution is -0.143. The van der Waals surface area contributed by atoms with Crippen molar-refractivity contribution in [2.24, 2.45) is 0 Å². The minimum atomic E-state index is -0.672. The maximum Gasteiger partial charge on any atom is 0.305 e. The van der Waals surface area contributed by atoms with Crippen molar-refractivity contribution < 1.29 is 24.5 Å². The lowest BCUT2D eigenvalue weighted by Crippen LogP contribution is -2.45. The van der Waals surface area contributed by atoms with Gasteiger partial charge in [0.1, 0.15) is 0 Å². The molecule has 1 amide bonds. The molecule has 0 aromatic heterocycles. The van der Waals surface area contributed by atoms with Gasteiger partial charge in [-0.1, -0.05) is 257 Å². The van der Waals surface area contributed by atoms with Crippen LogP contribution in [0.1, 0.15) is 309 Å². The number of carbonyl (C=O) groups excluding carboxylic acids is 2. The van der Waals surface area contributed by atoms with Crippen molar-refractivity contribution >= 4 is 11.9 Å². The van der Waals surface area contributed by atoms with Crippen LogP contribution in [0.25, 0.3) is 0 Å². The number of unbranched alkanes of at least 4 members (excludes halogenated alkanes) is 39. The van der Waals surface area contributed by atoms with E-state index in [2.05, 4.69) is 31.3 Å². The van der Waals surface area contributed by atoms with Crippen molar-refractivity contribution in [2.75, 3.05) is 13.2 Å². The molecule has 0 aromatic carbocycles. The minimum Gasteiger partial charge on any atom is -0.466 e. The summed E-state index contributed by atoms with van der Waals surface area (Å²) >= 11 is 0. The van der Waals surface area contributed by atoms with Gasteiger partial charge in [0, 0.05) is 12.8 Å². The number of hydrogen-bond acceptors (Lipinski definition) is 5. The van der Waals surface area contributed by atoms with E-state index < -0.39 is 12.1 Å². The molecular formula is C56H109NO5. The third-order valence-electron chi connectivity index (χ3n) is 13.1. The summed E-state index contributed by atoms with van der Waals surface area (Å²) in [6.07, 6.45) is 60.4. The quantitative estimate of drug-likeness (QED) is 0.0321. The number of nitrogens with one attached hydrogen (secondary N) is 1. The molecule has 0 aliphatic carbocycles. The predicted molar refractivity (Wildman–Crippen MR) is 269 cm³/mol. The Morgan fingerprint density at radius 2 is 0.758 bits per heavy atom. The highest BCUT2D eigenvalue weighted by molar-refractivity contribution is 5.76. The molecule has 368 valence electrons. The number of amides is 1. The smallest absolute Gasteiger partial charge is 0.305 e. The molecule has 0 saturated heterocycles. The molecule has 0 heterocycles. The van der Waals surface area contributed by atoms with Crippen molar-refractivity contribution in [3.8, 4) is 0 Å². The zero-order valence-corrected chi connectivity index (χ0v) is 41.9. The first-order chi connectivity index (χ1) is 30.5. The van der Waals surface area contributed by atoms with Crippen LogP contribution in [0.15, 0.2) is 12.2 Å². The van der Waals surface area contributed by atoms with E-state index in [4.69, 9.17) is 4.74 Å². The van der Waals surface area contributed by atoms with Crippen LogP contribution in [0.4, 0.5) is 0 Å². The fraction of sp³-hybridized carbons (Fsp3) is 0.929. The van der Waals surface area contributed by atoms with Crippen LogP contribution < -0.4 is 5.32 Å². The Kier molecular flexibility index (Phi) is 51.0. The average Bonchev–Trinajstić information content (AvgIpc) is 3.27. The molecule has 0 spiro atoms. The molecule has 62 heavy (non-hydrogen) atoms. The Morgan fingerprint density at radius 3 is 1.15 bits per heavy atom. The first-order valence-electron chi connectivity index (χ1n) is 27.9. The molecule has 2 unspecified atom stereocenters. The molecule has 0 aliphatic rings. The fourth-order valence-corrected chi connectivity index (χ4v) is 8.75. The standard InChI is InChI=1S/C56H109NO5/c1-3-5-7-9-11-13-15-17-19-20-21-22-26-30-34-38-42-46-50-56(61)62-51-47-43-39-35-31-27-23-25-29-33-37-41-45-49-55(60)57-53(52-58)54(59)48-44-40-36-32-28-24-18-16-14-12-10-8-6-4-2/h19-20,53-54,58-59H,3-18,21-52H2,1-2H3,(H,57,60)/b20-19-. The van der Waals surface area contributed by atoms with Crippen molar-refractivity contribution in [3.05, 3.63) is 12.2 Å². The highest BCUT2D eigenvalue weighted by Gasteiger charge is 2.20. The van der Waals surface area contributed by atoms with Gasteiger partial charge in [-0.2, -0.15) is 0 Å². The topological polar surface area (TPSA) is 95.9 Å². The first kappa shape index (κ1) is 60.6. The molecule has 0 aromatic rings. The zero-order chi connectivity index (χ0) is 45.1. The number of aliphatic hydroxyl groups is 2. The third-order valence-corrected chi connectivity index (χ3v) is 13.1. The van der Waals surface area contributed by atoms with Gasteiger partial charge in [0.05, 0.1) is 25.4 Å². The summed E-state index contributed by atoms with van der Waals surface area (Å²) in [4.78, 5) is 24.5. The second-order valence-electron chi connectivity index (χ2n) is 19.3. The Balaban J connectivity index is 3.43. The fourth-order valence-electron chi connectivity index (χ4n) is 8.75. The summed E-state index contributed by atoms with van der Waals surface area (Å²) in [7, 11) is 0. The second-order valence-corrected chi connectivity index (χ2v) is 19.3. The van der Waals surface area contributed by atoms with E-state index in [0.717, 1.165) is 51.4 Å². The monoisotopic (exact) mass is 876 g/mol. The Labute approximate surface area is 387 Å². The number of esters is 1. The molecule has 0 fully saturated rings. The Hall–Kier alpha value is -1.40. The summed E-state index contributed by atoms with van der Waals surface area (Å²) in [6, 6.07) is -0.550. The van der Waals surface area contributed by atoms with Crippen LogP contribution in [0.5, 0.6) is 0 Å². The number of carbonyl (C=O) groups is 2. The molecule has 0 rings (SSSR count). The van der Waals surface area contributed by atoms with Gasteiger partial charge in [-0.25, -0.2) is 0 Å². The van der Waals surface area contributed by atoms with E-state index in [1.807, 2.05) is 0 Å². The van der Waals surface area contributed by atoms with Crippen LogP contribution in [0, 0.1) is 0 Å². The van der Waals surface area contributed by atoms with Gasteiger partial charge < -0.3 is 20.3 Å². The molecular weight excluding hydrogens is 767 g/mol. The Bertz CT molecular complexity index is 924. The van der Waals surface area contributed by atoms with Gasteiger partial charge in [0.2, 0.25) is 5.91 Å². The molecule has 3 N–H and O–H groups in total. The number of allylic oxidation sites excluding steroid dienone is 2. The number of aliphatic hydroxyl groups excluding tert-OH is 2. The van der Waals surface area contributed by atoms with Gasteiger partial charge >= 0.3 is 5.97 Å². The summed E-state index contributed by atoms with van der Waals surface area (Å²) < 4.78 is 5.48. The maximum atomic E-state index is 12.5. The Morgan fingerprint density at radius 1 is 0.435 bits per heavy atom. The molecule has 6 nitrogen and oxygen atoms in total. The van der Waals surface area contributed by atoms with Crippen LogP contribution in [-0.4, -0.2) is 47.4 Å². The zero-order valence-electron chi connectivity index (χ0n) is 41.9. The molecule has 0 saturated carbocycles. The van der Waals surface area contributed by atoms with Gasteiger partial charge in [-0.05, 0) is 51.4 Å². The average molecular weight is 876 g/mol. The van der Waals surface area contributed by atoms with E-state index in [1.165, 1.54) is 225 Å². The highest BCUT2D eigenvalue weighted by atomic mass is 16.5. The van der Waals surface area contributed by atoms with Crippen LogP contribution >= 0.6 is 0 Å². The van der Waals surface area contributed by atoms with Gasteiger partial charge in [-0.15, -0.1) is 0 Å². The van der Waals surface area contributed by atoms with Crippen molar-refractivity contribution in [1.29, 1.82) is 0 Å². The minimum absolute atomic E-state index is 0.00778. The predicted octanol–water partition coefficient (Wildman–Crippen LogP) is 16.9. The van der Waals surface area contributed by atoms with E-state index in [1.54, 1.807) is 0 Å². The highest BCUT2D eigenvalue weighted by Crippen LogP contribution is 2.17. The lowest BCUT2D eigenvalue weighted by atomic mass is 10.0. The van der Waals surface area contributed by atoms with E-state index in [9.17, 15) is 19.8 Å². The largest absolute Gasteiger partial charge is 0.466 e. The maximum absolute atomic E-state index is 12.5. The van der Waals surface area contributed by atoms with Crippen molar-refractivity contribution in [3.63, 3.8) is 0 Å². The van der Waals surface area contributed by atoms with Crippen LogP contribution in [0.3, 0.4) is 0 Å². The number of ether oxygens (including phenoxy) is 1. The third kappa shape index (κ3) is 48.1. The SMILES string of the molecule is CCCCCCCCC/C=C\CCCCCCCCCC(=O)OCCCCCCCCCCCCCCCC(=O)NC(CO)C(O)CCCCCCCCCCCCCCCC. The number of rotatable bonds is 52. The molecule has 2 atom stereocenters. The molecule has 0 radical (unpaired) electrons.